The fraction of sp³-hybridized carbons (Fsp3) is 0.929. The van der Waals surface area contributed by atoms with Gasteiger partial charge in [-0.1, -0.05) is 0 Å². The summed E-state index contributed by atoms with van der Waals surface area (Å²) in [4.78, 5) is 16.3. The van der Waals surface area contributed by atoms with Crippen molar-refractivity contribution in [2.24, 2.45) is 17.8 Å². The highest BCUT2D eigenvalue weighted by Crippen LogP contribution is 2.34. The molecule has 18 heavy (non-hydrogen) atoms. The Morgan fingerprint density at radius 2 is 1.72 bits per heavy atom. The molecule has 4 heteroatoms. The summed E-state index contributed by atoms with van der Waals surface area (Å²) in [6.45, 7) is 4.19. The summed E-state index contributed by atoms with van der Waals surface area (Å²) < 4.78 is 0. The van der Waals surface area contributed by atoms with Crippen LogP contribution >= 0.6 is 0 Å². The number of piperidine rings is 2. The first-order valence-corrected chi connectivity index (χ1v) is 7.18. The molecule has 2 unspecified atom stereocenters. The Morgan fingerprint density at radius 1 is 1.06 bits per heavy atom. The highest BCUT2D eigenvalue weighted by Gasteiger charge is 2.37. The van der Waals surface area contributed by atoms with Gasteiger partial charge in [0.2, 0.25) is 0 Å². The summed E-state index contributed by atoms with van der Waals surface area (Å²) in [6, 6.07) is 0. The third-order valence-corrected chi connectivity index (χ3v) is 4.73. The first kappa shape index (κ1) is 13.8. The van der Waals surface area contributed by atoms with E-state index in [1.54, 1.807) is 0 Å². The molecule has 0 aromatic heterocycles. The zero-order valence-electron chi connectivity index (χ0n) is 11.6. The number of likely N-dealkylation sites (tertiary alicyclic amines) is 2. The highest BCUT2D eigenvalue weighted by atomic mass is 16.4. The fourth-order valence-corrected chi connectivity index (χ4v) is 3.68. The van der Waals surface area contributed by atoms with E-state index in [2.05, 4.69) is 23.9 Å². The Morgan fingerprint density at radius 3 is 2.28 bits per heavy atom. The monoisotopic (exact) mass is 254 g/mol. The number of carbonyl (C=O) groups is 1. The number of hydrogen-bond donors (Lipinski definition) is 1. The zero-order chi connectivity index (χ0) is 13.1. The SMILES string of the molecule is CN1CCC(C(C(=O)O)C2CCCN(C)C2)CC1. The van der Waals surface area contributed by atoms with Gasteiger partial charge in [0, 0.05) is 6.54 Å². The van der Waals surface area contributed by atoms with E-state index in [1.807, 2.05) is 0 Å². The first-order valence-electron chi connectivity index (χ1n) is 7.18. The van der Waals surface area contributed by atoms with E-state index >= 15 is 0 Å². The largest absolute Gasteiger partial charge is 0.481 e. The summed E-state index contributed by atoms with van der Waals surface area (Å²) in [6.07, 6.45) is 4.34. The quantitative estimate of drug-likeness (QED) is 0.826. The van der Waals surface area contributed by atoms with Crippen molar-refractivity contribution < 1.29 is 9.90 Å². The van der Waals surface area contributed by atoms with Crippen molar-refractivity contribution in [1.29, 1.82) is 0 Å². The molecular weight excluding hydrogens is 228 g/mol. The molecule has 0 amide bonds. The molecule has 0 aromatic rings. The average molecular weight is 254 g/mol. The molecule has 2 saturated heterocycles. The molecule has 1 N–H and O–H groups in total. The van der Waals surface area contributed by atoms with Crippen LogP contribution in [0.15, 0.2) is 0 Å². The van der Waals surface area contributed by atoms with Crippen molar-refractivity contribution >= 4 is 5.97 Å². The number of rotatable bonds is 3. The lowest BCUT2D eigenvalue weighted by Crippen LogP contribution is -2.44. The van der Waals surface area contributed by atoms with Crippen LogP contribution in [-0.2, 0) is 4.79 Å². The maximum absolute atomic E-state index is 11.7. The van der Waals surface area contributed by atoms with Gasteiger partial charge < -0.3 is 14.9 Å². The van der Waals surface area contributed by atoms with Gasteiger partial charge in [0.05, 0.1) is 5.92 Å². The van der Waals surface area contributed by atoms with Gasteiger partial charge in [-0.2, -0.15) is 0 Å². The predicted octanol–water partition coefficient (Wildman–Crippen LogP) is 1.37. The zero-order valence-corrected chi connectivity index (χ0v) is 11.6. The van der Waals surface area contributed by atoms with Crippen LogP contribution in [0.4, 0.5) is 0 Å². The molecule has 0 spiro atoms. The van der Waals surface area contributed by atoms with Crippen LogP contribution in [0.1, 0.15) is 25.7 Å². The van der Waals surface area contributed by atoms with Gasteiger partial charge in [0.1, 0.15) is 0 Å². The van der Waals surface area contributed by atoms with E-state index in [0.29, 0.717) is 11.8 Å². The molecule has 2 fully saturated rings. The van der Waals surface area contributed by atoms with Gasteiger partial charge in [0.15, 0.2) is 0 Å². The normalized spacial score (nSPS) is 30.2. The summed E-state index contributed by atoms with van der Waals surface area (Å²) >= 11 is 0. The lowest BCUT2D eigenvalue weighted by molar-refractivity contribution is -0.147. The van der Waals surface area contributed by atoms with Crippen LogP contribution in [0.3, 0.4) is 0 Å². The second-order valence-electron chi connectivity index (χ2n) is 6.17. The Labute approximate surface area is 110 Å². The van der Waals surface area contributed by atoms with Crippen LogP contribution in [0, 0.1) is 17.8 Å². The van der Waals surface area contributed by atoms with Crippen molar-refractivity contribution in [3.63, 3.8) is 0 Å². The standard InChI is InChI=1S/C14H26N2O2/c1-15-8-5-11(6-9-15)13(14(17)18)12-4-3-7-16(2)10-12/h11-13H,3-10H2,1-2H3,(H,17,18). The Bertz CT molecular complexity index is 288. The van der Waals surface area contributed by atoms with Crippen LogP contribution in [0.5, 0.6) is 0 Å². The second-order valence-corrected chi connectivity index (χ2v) is 6.17. The lowest BCUT2D eigenvalue weighted by Gasteiger charge is -2.39. The molecule has 0 saturated carbocycles. The molecule has 0 aromatic carbocycles. The van der Waals surface area contributed by atoms with Crippen molar-refractivity contribution in [3.8, 4) is 0 Å². The van der Waals surface area contributed by atoms with Gasteiger partial charge >= 0.3 is 5.97 Å². The van der Waals surface area contributed by atoms with Crippen LogP contribution < -0.4 is 0 Å². The van der Waals surface area contributed by atoms with Crippen LogP contribution in [0.2, 0.25) is 0 Å². The van der Waals surface area contributed by atoms with Crippen molar-refractivity contribution in [3.05, 3.63) is 0 Å². The average Bonchev–Trinajstić information content (AvgIpc) is 2.32. The van der Waals surface area contributed by atoms with Gasteiger partial charge in [-0.25, -0.2) is 0 Å². The second kappa shape index (κ2) is 6.02. The first-order chi connectivity index (χ1) is 8.58. The molecule has 0 radical (unpaired) electrons. The van der Waals surface area contributed by atoms with Gasteiger partial charge in [-0.3, -0.25) is 4.79 Å². The molecule has 2 heterocycles. The smallest absolute Gasteiger partial charge is 0.307 e. The number of carboxylic acid groups (broad SMARTS) is 1. The maximum Gasteiger partial charge on any atom is 0.307 e. The van der Waals surface area contributed by atoms with Crippen LogP contribution in [-0.4, -0.2) is 61.2 Å². The summed E-state index contributed by atoms with van der Waals surface area (Å²) in [5, 5.41) is 9.60. The number of aliphatic carboxylic acids is 1. The number of hydrogen-bond acceptors (Lipinski definition) is 3. The minimum absolute atomic E-state index is 0.124. The van der Waals surface area contributed by atoms with E-state index in [0.717, 1.165) is 51.9 Å². The fourth-order valence-electron chi connectivity index (χ4n) is 3.68. The minimum atomic E-state index is -0.565. The number of carboxylic acids is 1. The predicted molar refractivity (Wildman–Crippen MR) is 71.6 cm³/mol. The van der Waals surface area contributed by atoms with Crippen molar-refractivity contribution in [2.45, 2.75) is 25.7 Å². The Kier molecular flexibility index (Phi) is 4.62. The Hall–Kier alpha value is -0.610. The Balaban J connectivity index is 2.01. The molecule has 104 valence electrons. The summed E-state index contributed by atoms with van der Waals surface area (Å²) in [5.41, 5.74) is 0. The third kappa shape index (κ3) is 3.23. The van der Waals surface area contributed by atoms with E-state index in [1.165, 1.54) is 0 Å². The van der Waals surface area contributed by atoms with Gasteiger partial charge in [0.25, 0.3) is 0 Å². The van der Waals surface area contributed by atoms with E-state index in [-0.39, 0.29) is 5.92 Å². The van der Waals surface area contributed by atoms with Gasteiger partial charge in [-0.15, -0.1) is 0 Å². The molecule has 0 bridgehead atoms. The molecule has 2 atom stereocenters. The molecular formula is C14H26N2O2. The highest BCUT2D eigenvalue weighted by molar-refractivity contribution is 5.70. The van der Waals surface area contributed by atoms with Crippen molar-refractivity contribution in [1.82, 2.24) is 9.80 Å². The van der Waals surface area contributed by atoms with Crippen LogP contribution in [0.25, 0.3) is 0 Å². The third-order valence-electron chi connectivity index (χ3n) is 4.73. The van der Waals surface area contributed by atoms with Gasteiger partial charge in [-0.05, 0) is 71.2 Å². The molecule has 0 aliphatic carbocycles. The number of nitrogens with zero attached hydrogens (tertiary/aromatic N) is 2. The minimum Gasteiger partial charge on any atom is -0.481 e. The summed E-state index contributed by atoms with van der Waals surface area (Å²) in [5.74, 6) is 0.0520. The van der Waals surface area contributed by atoms with E-state index < -0.39 is 5.97 Å². The molecule has 2 aliphatic rings. The van der Waals surface area contributed by atoms with E-state index in [9.17, 15) is 9.90 Å². The van der Waals surface area contributed by atoms with E-state index in [4.69, 9.17) is 0 Å². The molecule has 2 aliphatic heterocycles. The molecule has 4 nitrogen and oxygen atoms in total. The topological polar surface area (TPSA) is 43.8 Å². The maximum atomic E-state index is 11.7. The summed E-state index contributed by atoms with van der Waals surface area (Å²) in [7, 11) is 4.24. The van der Waals surface area contributed by atoms with Crippen molar-refractivity contribution in [2.75, 3.05) is 40.3 Å². The lowest BCUT2D eigenvalue weighted by atomic mass is 9.74. The molecule has 2 rings (SSSR count).